The van der Waals surface area contributed by atoms with Crippen LogP contribution in [-0.4, -0.2) is 48.2 Å². The summed E-state index contributed by atoms with van der Waals surface area (Å²) >= 11 is 0. The van der Waals surface area contributed by atoms with Gasteiger partial charge in [-0.2, -0.15) is 0 Å². The first kappa shape index (κ1) is 16.1. The third-order valence-corrected chi connectivity index (χ3v) is 3.45. The maximum Gasteiger partial charge on any atom is 0.270 e. The second-order valence-electron chi connectivity index (χ2n) is 5.00. The molecule has 0 aromatic heterocycles. The summed E-state index contributed by atoms with van der Waals surface area (Å²) in [6.07, 6.45) is 2.32. The zero-order valence-electron chi connectivity index (χ0n) is 12.5. The van der Waals surface area contributed by atoms with E-state index in [-0.39, 0.29) is 11.3 Å². The molecule has 2 rings (SSSR count). The van der Waals surface area contributed by atoms with Gasteiger partial charge >= 0.3 is 0 Å². The van der Waals surface area contributed by atoms with Crippen LogP contribution in [-0.2, 0) is 4.74 Å². The normalized spacial score (nSPS) is 15.7. The maximum absolute atomic E-state index is 11.2. The number of non-ortho nitro benzene ring substituents is 1. The largest absolute Gasteiger partial charge is 0.378 e. The van der Waals surface area contributed by atoms with Crippen LogP contribution in [0.15, 0.2) is 23.2 Å². The van der Waals surface area contributed by atoms with Gasteiger partial charge in [-0.25, -0.2) is 4.99 Å². The zero-order chi connectivity index (χ0) is 15.9. The fourth-order valence-corrected chi connectivity index (χ4v) is 2.32. The van der Waals surface area contributed by atoms with Crippen molar-refractivity contribution < 1.29 is 14.5 Å². The van der Waals surface area contributed by atoms with Crippen LogP contribution in [0.3, 0.4) is 0 Å². The Bertz CT molecular complexity index is 580. The smallest absolute Gasteiger partial charge is 0.270 e. The predicted molar refractivity (Wildman–Crippen MR) is 82.9 cm³/mol. The number of aliphatic imine (C=N–C) groups is 1. The SMILES string of the molecule is CCCC(=Nc1ccc([N+](=O)[O-])cc1C=O)N1CCOCC1. The summed E-state index contributed by atoms with van der Waals surface area (Å²) in [5.74, 6) is 0.891. The highest BCUT2D eigenvalue weighted by atomic mass is 16.6. The molecule has 1 fully saturated rings. The highest BCUT2D eigenvalue weighted by Gasteiger charge is 2.16. The standard InChI is InChI=1S/C15H19N3O4/c1-2-3-15(17-6-8-22-9-7-17)16-14-5-4-13(18(20)21)10-12(14)11-19/h4-5,10-11H,2-3,6-9H2,1H3. The molecule has 1 aromatic rings. The number of morpholine rings is 1. The lowest BCUT2D eigenvalue weighted by molar-refractivity contribution is -0.384. The van der Waals surface area contributed by atoms with Crippen LogP contribution in [0.2, 0.25) is 0 Å². The number of nitro groups is 1. The Hall–Kier alpha value is -2.28. The van der Waals surface area contributed by atoms with Crippen LogP contribution < -0.4 is 0 Å². The minimum absolute atomic E-state index is 0.107. The molecular formula is C15H19N3O4. The molecule has 0 saturated carbocycles. The number of aldehydes is 1. The van der Waals surface area contributed by atoms with Gasteiger partial charge in [-0.15, -0.1) is 0 Å². The first-order valence-corrected chi connectivity index (χ1v) is 7.29. The topological polar surface area (TPSA) is 85.0 Å². The number of hydrogen-bond donors (Lipinski definition) is 0. The van der Waals surface area contributed by atoms with Crippen LogP contribution in [0.25, 0.3) is 0 Å². The number of amidine groups is 1. The van der Waals surface area contributed by atoms with Crippen molar-refractivity contribution in [1.82, 2.24) is 4.90 Å². The quantitative estimate of drug-likeness (QED) is 0.274. The number of benzene rings is 1. The molecular weight excluding hydrogens is 286 g/mol. The molecule has 0 unspecified atom stereocenters. The van der Waals surface area contributed by atoms with Crippen molar-refractivity contribution in [2.24, 2.45) is 4.99 Å². The van der Waals surface area contributed by atoms with Crippen LogP contribution in [0.4, 0.5) is 11.4 Å². The van der Waals surface area contributed by atoms with Crippen molar-refractivity contribution in [3.05, 3.63) is 33.9 Å². The molecule has 7 nitrogen and oxygen atoms in total. The first-order valence-electron chi connectivity index (χ1n) is 7.29. The third kappa shape index (κ3) is 3.88. The molecule has 0 atom stereocenters. The molecule has 1 aromatic carbocycles. The summed E-state index contributed by atoms with van der Waals surface area (Å²) in [7, 11) is 0. The van der Waals surface area contributed by atoms with Gasteiger partial charge in [0.1, 0.15) is 5.84 Å². The van der Waals surface area contributed by atoms with Gasteiger partial charge in [0.25, 0.3) is 5.69 Å². The predicted octanol–water partition coefficient (Wildman–Crippen LogP) is 2.57. The van der Waals surface area contributed by atoms with E-state index in [1.807, 2.05) is 0 Å². The van der Waals surface area contributed by atoms with Gasteiger partial charge in [0, 0.05) is 37.2 Å². The zero-order valence-corrected chi connectivity index (χ0v) is 12.5. The van der Waals surface area contributed by atoms with E-state index in [0.29, 0.717) is 25.2 Å². The molecule has 0 aliphatic carbocycles. The van der Waals surface area contributed by atoms with Crippen molar-refractivity contribution in [2.75, 3.05) is 26.3 Å². The van der Waals surface area contributed by atoms with E-state index in [1.54, 1.807) is 0 Å². The lowest BCUT2D eigenvalue weighted by Gasteiger charge is -2.30. The number of carbonyl (C=O) groups excluding carboxylic acids is 1. The summed E-state index contributed by atoms with van der Waals surface area (Å²) in [4.78, 5) is 28.2. The van der Waals surface area contributed by atoms with E-state index in [2.05, 4.69) is 16.8 Å². The van der Waals surface area contributed by atoms with E-state index in [1.165, 1.54) is 18.2 Å². The number of nitro benzene ring substituents is 1. The molecule has 22 heavy (non-hydrogen) atoms. The molecule has 0 spiro atoms. The van der Waals surface area contributed by atoms with Crippen molar-refractivity contribution in [3.63, 3.8) is 0 Å². The molecule has 0 bridgehead atoms. The fourth-order valence-electron chi connectivity index (χ4n) is 2.32. The Morgan fingerprint density at radius 2 is 2.18 bits per heavy atom. The molecule has 118 valence electrons. The van der Waals surface area contributed by atoms with E-state index in [9.17, 15) is 14.9 Å². The molecule has 1 aliphatic rings. The number of nitrogens with zero attached hydrogens (tertiary/aromatic N) is 3. The summed E-state index contributed by atoms with van der Waals surface area (Å²) < 4.78 is 5.34. The van der Waals surface area contributed by atoms with E-state index in [4.69, 9.17) is 4.74 Å². The summed E-state index contributed by atoms with van der Waals surface area (Å²) in [5, 5.41) is 10.8. The Balaban J connectivity index is 2.34. The molecule has 0 radical (unpaired) electrons. The number of carbonyl (C=O) groups is 1. The maximum atomic E-state index is 11.2. The minimum atomic E-state index is -0.518. The lowest BCUT2D eigenvalue weighted by Crippen LogP contribution is -2.40. The summed E-state index contributed by atoms with van der Waals surface area (Å²) in [6.45, 7) is 4.91. The molecule has 1 aliphatic heterocycles. The number of ether oxygens (including phenoxy) is 1. The number of rotatable bonds is 5. The molecule has 0 N–H and O–H groups in total. The van der Waals surface area contributed by atoms with Gasteiger partial charge in [-0.3, -0.25) is 14.9 Å². The van der Waals surface area contributed by atoms with Crippen molar-refractivity contribution >= 4 is 23.5 Å². The lowest BCUT2D eigenvalue weighted by atomic mass is 10.1. The molecule has 7 heteroatoms. The van der Waals surface area contributed by atoms with Crippen LogP contribution in [0.1, 0.15) is 30.1 Å². The van der Waals surface area contributed by atoms with Gasteiger partial charge in [0.05, 0.1) is 23.8 Å². The first-order chi connectivity index (χ1) is 10.7. The Kier molecular flexibility index (Phi) is 5.60. The highest BCUT2D eigenvalue weighted by Crippen LogP contribution is 2.24. The van der Waals surface area contributed by atoms with Gasteiger partial charge in [0.2, 0.25) is 0 Å². The highest BCUT2D eigenvalue weighted by molar-refractivity contribution is 5.90. The third-order valence-electron chi connectivity index (χ3n) is 3.45. The Labute approximate surface area is 128 Å². The summed E-state index contributed by atoms with van der Waals surface area (Å²) in [6, 6.07) is 4.15. The van der Waals surface area contributed by atoms with Crippen molar-refractivity contribution in [2.45, 2.75) is 19.8 Å². The molecule has 0 amide bonds. The Morgan fingerprint density at radius 1 is 1.45 bits per heavy atom. The average molecular weight is 305 g/mol. The second kappa shape index (κ2) is 7.65. The van der Waals surface area contributed by atoms with Crippen LogP contribution >= 0.6 is 0 Å². The Morgan fingerprint density at radius 3 is 2.77 bits per heavy atom. The van der Waals surface area contributed by atoms with Gasteiger partial charge < -0.3 is 9.64 Å². The second-order valence-corrected chi connectivity index (χ2v) is 5.00. The van der Waals surface area contributed by atoms with Crippen LogP contribution in [0.5, 0.6) is 0 Å². The van der Waals surface area contributed by atoms with Crippen molar-refractivity contribution in [3.8, 4) is 0 Å². The molecule has 1 heterocycles. The van der Waals surface area contributed by atoms with Crippen molar-refractivity contribution in [1.29, 1.82) is 0 Å². The monoisotopic (exact) mass is 305 g/mol. The van der Waals surface area contributed by atoms with Gasteiger partial charge in [-0.1, -0.05) is 6.92 Å². The van der Waals surface area contributed by atoms with Gasteiger partial charge in [-0.05, 0) is 12.5 Å². The average Bonchev–Trinajstić information content (AvgIpc) is 2.55. The van der Waals surface area contributed by atoms with E-state index in [0.717, 1.165) is 31.8 Å². The molecule has 1 saturated heterocycles. The van der Waals surface area contributed by atoms with E-state index < -0.39 is 4.92 Å². The fraction of sp³-hybridized carbons (Fsp3) is 0.467. The minimum Gasteiger partial charge on any atom is -0.378 e. The summed E-state index contributed by atoms with van der Waals surface area (Å²) in [5.41, 5.74) is 0.594. The van der Waals surface area contributed by atoms with Gasteiger partial charge in [0.15, 0.2) is 6.29 Å². The van der Waals surface area contributed by atoms with E-state index >= 15 is 0 Å². The number of hydrogen-bond acceptors (Lipinski definition) is 5. The van der Waals surface area contributed by atoms with Crippen LogP contribution in [0, 0.1) is 10.1 Å².